The molecule has 0 aliphatic carbocycles. The van der Waals surface area contributed by atoms with Crippen LogP contribution in [0, 0.1) is 0 Å². The van der Waals surface area contributed by atoms with Crippen molar-refractivity contribution in [2.24, 2.45) is 0 Å². The first kappa shape index (κ1) is 25.1. The third-order valence-electron chi connectivity index (χ3n) is 4.46. The number of carbonyl (C=O) groups excluding carboxylic acids is 3. The minimum Gasteiger partial charge on any atom is -0.486 e. The Kier molecular flexibility index (Phi) is 8.32. The lowest BCUT2D eigenvalue weighted by Crippen LogP contribution is -2.42. The van der Waals surface area contributed by atoms with Gasteiger partial charge in [0, 0.05) is 15.6 Å². The Morgan fingerprint density at radius 1 is 1.19 bits per heavy atom. The summed E-state index contributed by atoms with van der Waals surface area (Å²) < 4.78 is 11.8. The zero-order chi connectivity index (χ0) is 23.6. The molecule has 2 amide bonds. The fourth-order valence-corrected chi connectivity index (χ4v) is 5.65. The lowest BCUT2D eigenvalue weighted by atomic mass is 10.2. The van der Waals surface area contributed by atoms with Crippen molar-refractivity contribution in [1.29, 1.82) is 0 Å². The van der Waals surface area contributed by atoms with Crippen LogP contribution in [0.1, 0.15) is 18.1 Å². The maximum atomic E-state index is 12.7. The summed E-state index contributed by atoms with van der Waals surface area (Å²) in [6, 6.07) is 7.65. The van der Waals surface area contributed by atoms with Crippen LogP contribution in [0.4, 0.5) is 4.79 Å². The third kappa shape index (κ3) is 5.51. The predicted octanol–water partition coefficient (Wildman–Crippen LogP) is 6.70. The van der Waals surface area contributed by atoms with Crippen molar-refractivity contribution < 1.29 is 23.9 Å². The summed E-state index contributed by atoms with van der Waals surface area (Å²) in [4.78, 5) is 37.8. The molecule has 32 heavy (non-hydrogen) atoms. The van der Waals surface area contributed by atoms with Gasteiger partial charge in [-0.25, -0.2) is 4.79 Å². The van der Waals surface area contributed by atoms with E-state index in [1.807, 2.05) is 0 Å². The molecule has 168 valence electrons. The number of amides is 2. The summed E-state index contributed by atoms with van der Waals surface area (Å²) in [6.07, 6.45) is 1.57. The Morgan fingerprint density at radius 3 is 2.44 bits per heavy atom. The van der Waals surface area contributed by atoms with Gasteiger partial charge >= 0.3 is 5.97 Å². The van der Waals surface area contributed by atoms with Crippen molar-refractivity contribution >= 4 is 90.0 Å². The van der Waals surface area contributed by atoms with Gasteiger partial charge in [0.15, 0.2) is 0 Å². The molecule has 0 N–H and O–H groups in total. The molecular formula is C21H15Br2Cl2NO5S. The van der Waals surface area contributed by atoms with Crippen LogP contribution in [-0.2, 0) is 20.9 Å². The fraction of sp³-hybridized carbons (Fsp3) is 0.190. The molecule has 0 saturated carbocycles. The number of rotatable bonds is 6. The largest absolute Gasteiger partial charge is 0.486 e. The van der Waals surface area contributed by atoms with Crippen LogP contribution in [0.25, 0.3) is 6.08 Å². The molecule has 0 bridgehead atoms. The summed E-state index contributed by atoms with van der Waals surface area (Å²) in [7, 11) is 1.20. The van der Waals surface area contributed by atoms with Crippen LogP contribution < -0.4 is 4.74 Å². The maximum absolute atomic E-state index is 12.7. The highest BCUT2D eigenvalue weighted by atomic mass is 79.9. The summed E-state index contributed by atoms with van der Waals surface area (Å²) in [5.41, 5.74) is 1.42. The van der Waals surface area contributed by atoms with E-state index in [1.54, 1.807) is 36.4 Å². The molecule has 1 aliphatic heterocycles. The number of hydrogen-bond acceptors (Lipinski definition) is 6. The Balaban J connectivity index is 1.80. The first-order chi connectivity index (χ1) is 15.1. The Morgan fingerprint density at radius 2 is 1.84 bits per heavy atom. The smallest absolute Gasteiger partial charge is 0.328 e. The van der Waals surface area contributed by atoms with Gasteiger partial charge < -0.3 is 9.47 Å². The topological polar surface area (TPSA) is 72.9 Å². The second-order valence-electron chi connectivity index (χ2n) is 6.59. The lowest BCUT2D eigenvalue weighted by molar-refractivity contribution is -0.148. The molecule has 2 aromatic carbocycles. The number of methoxy groups -OCH3 is 1. The average molecular weight is 624 g/mol. The molecule has 3 rings (SSSR count). The third-order valence-corrected chi connectivity index (χ3v) is 7.11. The Labute approximate surface area is 215 Å². The number of ether oxygens (including phenoxy) is 2. The molecule has 0 unspecified atom stereocenters. The summed E-state index contributed by atoms with van der Waals surface area (Å²) in [6.45, 7) is 1.66. The van der Waals surface area contributed by atoms with Gasteiger partial charge in [-0.2, -0.15) is 0 Å². The van der Waals surface area contributed by atoms with Crippen LogP contribution in [0.5, 0.6) is 5.75 Å². The average Bonchev–Trinajstić information content (AvgIpc) is 3.00. The number of nitrogens with zero attached hydrogens (tertiary/aromatic N) is 1. The van der Waals surface area contributed by atoms with E-state index >= 15 is 0 Å². The lowest BCUT2D eigenvalue weighted by Gasteiger charge is -2.18. The summed E-state index contributed by atoms with van der Waals surface area (Å²) in [5, 5.41) is 0.506. The van der Waals surface area contributed by atoms with E-state index in [0.717, 1.165) is 22.2 Å². The molecule has 11 heteroatoms. The first-order valence-corrected chi connectivity index (χ1v) is 12.2. The zero-order valence-corrected chi connectivity index (χ0v) is 22.2. The van der Waals surface area contributed by atoms with Crippen LogP contribution in [0.15, 0.2) is 44.2 Å². The van der Waals surface area contributed by atoms with Gasteiger partial charge in [-0.3, -0.25) is 14.5 Å². The number of hydrogen-bond donors (Lipinski definition) is 0. The fourth-order valence-electron chi connectivity index (χ4n) is 2.83. The second-order valence-corrected chi connectivity index (χ2v) is 10.1. The minimum atomic E-state index is -1.01. The van der Waals surface area contributed by atoms with Gasteiger partial charge in [-0.1, -0.05) is 29.3 Å². The molecule has 1 atom stereocenters. The SMILES string of the molecule is COC(=O)[C@@H](C)N1C(=O)S/C(=C/c2cc(Br)c(OCc3ccc(Cl)cc3Cl)c(Br)c2)C1=O. The van der Waals surface area contributed by atoms with Gasteiger partial charge in [0.25, 0.3) is 11.1 Å². The van der Waals surface area contributed by atoms with Gasteiger partial charge in [0.1, 0.15) is 18.4 Å². The molecule has 1 fully saturated rings. The van der Waals surface area contributed by atoms with Crippen molar-refractivity contribution in [3.63, 3.8) is 0 Å². The van der Waals surface area contributed by atoms with E-state index in [4.69, 9.17) is 27.9 Å². The predicted molar refractivity (Wildman–Crippen MR) is 132 cm³/mol. The number of benzene rings is 2. The number of esters is 1. The molecule has 2 aromatic rings. The van der Waals surface area contributed by atoms with E-state index in [1.165, 1.54) is 14.0 Å². The van der Waals surface area contributed by atoms with E-state index < -0.39 is 23.2 Å². The monoisotopic (exact) mass is 621 g/mol. The standard InChI is InChI=1S/C21H15Br2Cl2NO5S/c1-10(20(28)30-2)26-19(27)17(32-21(26)29)7-11-5-14(22)18(15(23)6-11)31-9-12-3-4-13(24)8-16(12)25/h3-8,10H,9H2,1-2H3/b17-7+/t10-/m1/s1. The van der Waals surface area contributed by atoms with Crippen molar-refractivity contribution in [3.8, 4) is 5.75 Å². The Hall–Kier alpha value is -1.52. The van der Waals surface area contributed by atoms with Crippen LogP contribution in [0.2, 0.25) is 10.0 Å². The highest BCUT2D eigenvalue weighted by molar-refractivity contribution is 9.11. The minimum absolute atomic E-state index is 0.200. The molecular weight excluding hydrogens is 609 g/mol. The number of thioether (sulfide) groups is 1. The van der Waals surface area contributed by atoms with Crippen molar-refractivity contribution in [1.82, 2.24) is 4.90 Å². The zero-order valence-electron chi connectivity index (χ0n) is 16.7. The van der Waals surface area contributed by atoms with Crippen molar-refractivity contribution in [2.45, 2.75) is 19.6 Å². The highest BCUT2D eigenvalue weighted by Gasteiger charge is 2.41. The molecule has 1 heterocycles. The van der Waals surface area contributed by atoms with Crippen LogP contribution in [-0.4, -0.2) is 35.2 Å². The summed E-state index contributed by atoms with van der Waals surface area (Å²) >= 11 is 19.8. The quantitative estimate of drug-likeness (QED) is 0.264. The van der Waals surface area contributed by atoms with E-state index in [0.29, 0.717) is 30.3 Å². The molecule has 0 radical (unpaired) electrons. The van der Waals surface area contributed by atoms with Gasteiger partial charge in [0.05, 0.1) is 21.0 Å². The second kappa shape index (κ2) is 10.6. The highest BCUT2D eigenvalue weighted by Crippen LogP contribution is 2.39. The molecule has 0 aromatic heterocycles. The van der Waals surface area contributed by atoms with Gasteiger partial charge in [0.2, 0.25) is 0 Å². The number of carbonyl (C=O) groups is 3. The van der Waals surface area contributed by atoms with E-state index in [2.05, 4.69) is 36.6 Å². The Bertz CT molecular complexity index is 1120. The van der Waals surface area contributed by atoms with E-state index in [-0.39, 0.29) is 11.5 Å². The van der Waals surface area contributed by atoms with Crippen molar-refractivity contribution in [2.75, 3.05) is 7.11 Å². The number of halogens is 4. The molecule has 0 spiro atoms. The molecule has 6 nitrogen and oxygen atoms in total. The van der Waals surface area contributed by atoms with Gasteiger partial charge in [-0.05, 0) is 86.5 Å². The maximum Gasteiger partial charge on any atom is 0.328 e. The normalized spacial score (nSPS) is 15.9. The van der Waals surface area contributed by atoms with Crippen LogP contribution >= 0.6 is 66.8 Å². The molecule has 1 aliphatic rings. The van der Waals surface area contributed by atoms with Crippen LogP contribution in [0.3, 0.4) is 0 Å². The van der Waals surface area contributed by atoms with Crippen molar-refractivity contribution in [3.05, 3.63) is 65.4 Å². The number of imide groups is 1. The first-order valence-electron chi connectivity index (χ1n) is 9.03. The van der Waals surface area contributed by atoms with Gasteiger partial charge in [-0.15, -0.1) is 0 Å². The molecule has 1 saturated heterocycles. The van der Waals surface area contributed by atoms with E-state index in [9.17, 15) is 14.4 Å². The summed E-state index contributed by atoms with van der Waals surface area (Å²) in [5.74, 6) is -0.676.